The second-order valence-electron chi connectivity index (χ2n) is 1.41. The number of allylic oxidation sites excluding steroid dienone is 1. The zero-order valence-corrected chi connectivity index (χ0v) is 4.15. The Balaban J connectivity index is 2.40. The lowest BCUT2D eigenvalue weighted by Gasteiger charge is -2.12. The molecular weight excluding hydrogens is 88.9 g/mol. The van der Waals surface area contributed by atoms with Crippen molar-refractivity contribution in [2.45, 2.75) is 6.92 Å². The maximum absolute atomic E-state index is 2.88. The Morgan fingerprint density at radius 3 is 2.86 bits per heavy atom. The molecule has 7 heavy (non-hydrogen) atoms. The summed E-state index contributed by atoms with van der Waals surface area (Å²) in [7, 11) is 1.72. The Labute approximate surface area is 43.4 Å². The van der Waals surface area contributed by atoms with Crippen LogP contribution in [0, 0.1) is 0 Å². The molecule has 1 radical (unpaired) electrons. The summed E-state index contributed by atoms with van der Waals surface area (Å²) in [5, 5.41) is 5.65. The van der Waals surface area contributed by atoms with E-state index in [0.717, 1.165) is 5.70 Å². The number of hydrazine groups is 1. The highest BCUT2D eigenvalue weighted by Gasteiger charge is 1.93. The molecule has 0 saturated carbocycles. The highest BCUT2D eigenvalue weighted by atomic mass is 15.3. The van der Waals surface area contributed by atoms with Crippen LogP contribution in [0.5, 0.6) is 0 Å². The second kappa shape index (κ2) is 1.88. The molecule has 0 atom stereocenters. The maximum Gasteiger partial charge on any atom is 0.365 e. The van der Waals surface area contributed by atoms with Crippen LogP contribution < -0.4 is 16.0 Å². The van der Waals surface area contributed by atoms with E-state index in [0.29, 0.717) is 0 Å². The van der Waals surface area contributed by atoms with E-state index < -0.39 is 0 Å². The van der Waals surface area contributed by atoms with Gasteiger partial charge in [0, 0.05) is 11.9 Å². The smallest absolute Gasteiger partial charge is 0.365 e. The molecule has 0 fully saturated rings. The number of hydrogen-bond acceptors (Lipinski definition) is 3. The molecule has 0 aromatic rings. The fraction of sp³-hybridized carbons (Fsp3) is 0.333. The Morgan fingerprint density at radius 2 is 2.57 bits per heavy atom. The van der Waals surface area contributed by atoms with Crippen LogP contribution in [-0.2, 0) is 0 Å². The van der Waals surface area contributed by atoms with Crippen molar-refractivity contribution in [3.8, 4) is 0 Å². The van der Waals surface area contributed by atoms with Crippen LogP contribution in [0.15, 0.2) is 11.9 Å². The molecule has 1 heterocycles. The zero-order valence-electron chi connectivity index (χ0n) is 4.15. The van der Waals surface area contributed by atoms with Crippen LogP contribution >= 0.6 is 0 Å². The third-order valence-corrected chi connectivity index (χ3v) is 0.725. The molecular formula is C3H7BN3. The summed E-state index contributed by atoms with van der Waals surface area (Å²) >= 11 is 0. The van der Waals surface area contributed by atoms with Crippen molar-refractivity contribution < 1.29 is 0 Å². The van der Waals surface area contributed by atoms with Gasteiger partial charge in [0.25, 0.3) is 0 Å². The first kappa shape index (κ1) is 4.52. The lowest BCUT2D eigenvalue weighted by atomic mass is 10.2. The van der Waals surface area contributed by atoms with Gasteiger partial charge in [-0.1, -0.05) is 0 Å². The van der Waals surface area contributed by atoms with Gasteiger partial charge in [0.15, 0.2) is 0 Å². The van der Waals surface area contributed by atoms with Crippen molar-refractivity contribution in [1.29, 1.82) is 0 Å². The summed E-state index contributed by atoms with van der Waals surface area (Å²) in [6.45, 7) is 1.97. The predicted molar refractivity (Wildman–Crippen MR) is 28.9 cm³/mol. The molecule has 0 unspecified atom stereocenters. The summed E-state index contributed by atoms with van der Waals surface area (Å²) < 4.78 is 0. The fourth-order valence-electron chi connectivity index (χ4n) is 0.394. The number of hydrogen-bond donors (Lipinski definition) is 3. The van der Waals surface area contributed by atoms with E-state index in [1.54, 1.807) is 7.55 Å². The largest absolute Gasteiger partial charge is 0.421 e. The van der Waals surface area contributed by atoms with Crippen LogP contribution in [0.3, 0.4) is 0 Å². The summed E-state index contributed by atoms with van der Waals surface area (Å²) in [5.74, 6) is 0. The number of rotatable bonds is 0. The van der Waals surface area contributed by atoms with Gasteiger partial charge in [-0.25, -0.2) is 0 Å². The van der Waals surface area contributed by atoms with Gasteiger partial charge in [-0.2, -0.15) is 0 Å². The third-order valence-electron chi connectivity index (χ3n) is 0.725. The molecule has 0 spiro atoms. The predicted octanol–water partition coefficient (Wildman–Crippen LogP) is -0.921. The van der Waals surface area contributed by atoms with Gasteiger partial charge in [0.1, 0.15) is 0 Å². The van der Waals surface area contributed by atoms with Crippen molar-refractivity contribution in [2.75, 3.05) is 0 Å². The lowest BCUT2D eigenvalue weighted by Crippen LogP contribution is -2.44. The van der Waals surface area contributed by atoms with E-state index in [1.165, 1.54) is 0 Å². The summed E-state index contributed by atoms with van der Waals surface area (Å²) in [4.78, 5) is 0. The van der Waals surface area contributed by atoms with Crippen molar-refractivity contribution >= 4 is 7.55 Å². The molecule has 1 rings (SSSR count). The van der Waals surface area contributed by atoms with Gasteiger partial charge in [0.2, 0.25) is 0 Å². The van der Waals surface area contributed by atoms with Crippen LogP contribution in [0.2, 0.25) is 0 Å². The van der Waals surface area contributed by atoms with Crippen molar-refractivity contribution in [3.05, 3.63) is 11.9 Å². The van der Waals surface area contributed by atoms with E-state index in [-0.39, 0.29) is 0 Å². The van der Waals surface area contributed by atoms with Gasteiger partial charge in [-0.05, 0) is 6.92 Å². The van der Waals surface area contributed by atoms with Gasteiger partial charge in [-0.3, -0.25) is 5.34 Å². The molecule has 1 aliphatic heterocycles. The van der Waals surface area contributed by atoms with Crippen molar-refractivity contribution in [2.24, 2.45) is 0 Å². The molecule has 0 amide bonds. The highest BCUT2D eigenvalue weighted by molar-refractivity contribution is 6.29. The molecule has 1 aliphatic rings. The normalized spacial score (nSPS) is 18.1. The van der Waals surface area contributed by atoms with Gasteiger partial charge in [-0.15, -0.1) is 0 Å². The zero-order chi connectivity index (χ0) is 5.11. The molecule has 0 aromatic carbocycles. The summed E-state index contributed by atoms with van der Waals surface area (Å²) in [6.07, 6.45) is 1.87. The minimum atomic E-state index is 1.09. The van der Waals surface area contributed by atoms with Gasteiger partial charge in [0.05, 0.1) is 0 Å². The first-order chi connectivity index (χ1) is 3.39. The van der Waals surface area contributed by atoms with Gasteiger partial charge < -0.3 is 10.7 Å². The van der Waals surface area contributed by atoms with E-state index in [2.05, 4.69) is 16.0 Å². The maximum atomic E-state index is 2.88. The molecule has 37 valence electrons. The Bertz CT molecular complexity index is 90.2. The molecule has 0 saturated heterocycles. The molecule has 0 aliphatic carbocycles. The SMILES string of the molecule is CC1=CN[B]NN1. The molecule has 3 N–H and O–H groups in total. The topological polar surface area (TPSA) is 36.1 Å². The summed E-state index contributed by atoms with van der Waals surface area (Å²) in [6, 6.07) is 0. The van der Waals surface area contributed by atoms with Crippen LogP contribution in [0.25, 0.3) is 0 Å². The standard InChI is InChI=1S/C3H7BN3/c1-3-2-5-4-7-6-3/h2,5-7H,1H3. The van der Waals surface area contributed by atoms with Crippen LogP contribution in [-0.4, -0.2) is 7.55 Å². The highest BCUT2D eigenvalue weighted by Crippen LogP contribution is 1.80. The molecule has 0 bridgehead atoms. The summed E-state index contributed by atoms with van der Waals surface area (Å²) in [5.41, 5.74) is 3.96. The second-order valence-corrected chi connectivity index (χ2v) is 1.41. The van der Waals surface area contributed by atoms with Crippen molar-refractivity contribution in [1.82, 2.24) is 16.0 Å². The first-order valence-electron chi connectivity index (χ1n) is 2.15. The number of nitrogens with one attached hydrogen (secondary N) is 3. The Kier molecular flexibility index (Phi) is 1.22. The van der Waals surface area contributed by atoms with Crippen LogP contribution in [0.1, 0.15) is 6.92 Å². The molecule has 4 heteroatoms. The van der Waals surface area contributed by atoms with Gasteiger partial charge >= 0.3 is 7.55 Å². The molecule has 3 nitrogen and oxygen atoms in total. The average molecular weight is 95.9 g/mol. The van der Waals surface area contributed by atoms with Crippen molar-refractivity contribution in [3.63, 3.8) is 0 Å². The first-order valence-corrected chi connectivity index (χ1v) is 2.15. The average Bonchev–Trinajstić information content (AvgIpc) is 1.69. The lowest BCUT2D eigenvalue weighted by molar-refractivity contribution is 0.752. The molecule has 0 aromatic heterocycles. The third kappa shape index (κ3) is 1.12. The minimum Gasteiger partial charge on any atom is -0.421 e. The Morgan fingerprint density at radius 1 is 1.71 bits per heavy atom. The monoisotopic (exact) mass is 96.1 g/mol. The van der Waals surface area contributed by atoms with Crippen LogP contribution in [0.4, 0.5) is 0 Å². The van der Waals surface area contributed by atoms with E-state index in [1.807, 2.05) is 13.1 Å². The van der Waals surface area contributed by atoms with E-state index in [9.17, 15) is 0 Å². The fourth-order valence-corrected chi connectivity index (χ4v) is 0.394. The quantitative estimate of drug-likeness (QED) is 0.341. The van der Waals surface area contributed by atoms with E-state index >= 15 is 0 Å². The van der Waals surface area contributed by atoms with E-state index in [4.69, 9.17) is 0 Å². The minimum absolute atomic E-state index is 1.09. The Hall–Kier alpha value is -0.635.